The number of carbonyl (C=O) groups excluding carboxylic acids is 4. The fourth-order valence-electron chi connectivity index (χ4n) is 7.24. The normalized spacial score (nSPS) is 37.1. The summed E-state index contributed by atoms with van der Waals surface area (Å²) in [7, 11) is 0. The highest BCUT2D eigenvalue weighted by Gasteiger charge is 2.77. The van der Waals surface area contributed by atoms with E-state index < -0.39 is 29.6 Å². The zero-order chi connectivity index (χ0) is 21.8. The molecule has 3 saturated heterocycles. The van der Waals surface area contributed by atoms with Crippen LogP contribution in [0.15, 0.2) is 0 Å². The predicted octanol–water partition coefficient (Wildman–Crippen LogP) is 2.74. The van der Waals surface area contributed by atoms with E-state index in [0.29, 0.717) is 0 Å². The second-order valence-corrected chi connectivity index (χ2v) is 10.3. The highest BCUT2D eigenvalue weighted by molar-refractivity contribution is 6.02. The molecule has 5 fully saturated rings. The maximum Gasteiger partial charge on any atom is 0.307 e. The molecule has 0 unspecified atom stereocenters. The van der Waals surface area contributed by atoms with Gasteiger partial charge in [0.05, 0.1) is 18.4 Å². The van der Waals surface area contributed by atoms with Gasteiger partial charge in [0.25, 0.3) is 0 Å². The summed E-state index contributed by atoms with van der Waals surface area (Å²) in [5.74, 6) is -1.28. The first kappa shape index (κ1) is 21.0. The number of likely N-dealkylation sites (tertiary alicyclic amines) is 2. The van der Waals surface area contributed by atoms with Crippen molar-refractivity contribution < 1.29 is 23.9 Å². The number of amides is 2. The van der Waals surface area contributed by atoms with Gasteiger partial charge < -0.3 is 14.5 Å². The van der Waals surface area contributed by atoms with Crippen LogP contribution in [0.1, 0.15) is 90.4 Å². The van der Waals surface area contributed by atoms with E-state index in [1.54, 1.807) is 0 Å². The first-order chi connectivity index (χ1) is 14.9. The molecule has 0 aromatic heterocycles. The van der Waals surface area contributed by atoms with Crippen molar-refractivity contribution in [1.29, 1.82) is 0 Å². The van der Waals surface area contributed by atoms with Crippen LogP contribution in [0.3, 0.4) is 0 Å². The summed E-state index contributed by atoms with van der Waals surface area (Å²) in [4.78, 5) is 56.2. The Bertz CT molecular complexity index is 783. The van der Waals surface area contributed by atoms with E-state index in [-0.39, 0.29) is 42.5 Å². The van der Waals surface area contributed by atoms with Gasteiger partial charge in [0.15, 0.2) is 11.6 Å². The Balaban J connectivity index is 1.59. The fraction of sp³-hybridized carbons (Fsp3) is 0.833. The number of hydrogen-bond acceptors (Lipinski definition) is 5. The largest absolute Gasteiger partial charge is 0.453 e. The van der Waals surface area contributed by atoms with Crippen molar-refractivity contribution in [2.24, 2.45) is 5.92 Å². The third-order valence-electron chi connectivity index (χ3n) is 8.48. The summed E-state index contributed by atoms with van der Waals surface area (Å²) < 4.78 is 6.01. The number of carbonyl (C=O) groups is 4. The molecule has 7 heteroatoms. The van der Waals surface area contributed by atoms with Crippen molar-refractivity contribution in [3.05, 3.63) is 0 Å². The molecule has 0 radical (unpaired) electrons. The summed E-state index contributed by atoms with van der Waals surface area (Å²) in [5, 5.41) is 0. The molecule has 0 N–H and O–H groups in total. The molecular formula is C24H34N2O5. The lowest BCUT2D eigenvalue weighted by Gasteiger charge is -2.38. The Morgan fingerprint density at radius 2 is 1.42 bits per heavy atom. The first-order valence-corrected chi connectivity index (χ1v) is 12.3. The lowest BCUT2D eigenvalue weighted by atomic mass is 9.79. The van der Waals surface area contributed by atoms with Gasteiger partial charge >= 0.3 is 5.97 Å². The van der Waals surface area contributed by atoms with E-state index >= 15 is 0 Å². The molecule has 7 nitrogen and oxygen atoms in total. The Kier molecular flexibility index (Phi) is 5.33. The molecule has 5 aliphatic rings. The van der Waals surface area contributed by atoms with Crippen molar-refractivity contribution in [3.63, 3.8) is 0 Å². The Hall–Kier alpha value is -1.92. The van der Waals surface area contributed by atoms with E-state index in [4.69, 9.17) is 4.74 Å². The molecule has 2 amide bonds. The van der Waals surface area contributed by atoms with Gasteiger partial charge in [-0.05, 0) is 32.6 Å². The van der Waals surface area contributed by atoms with Crippen molar-refractivity contribution in [2.75, 3.05) is 0 Å². The van der Waals surface area contributed by atoms with Crippen LogP contribution in [-0.4, -0.2) is 63.1 Å². The zero-order valence-electron chi connectivity index (χ0n) is 18.5. The standard InChI is InChI=1S/C24H34N2O5/c1-15(27)13-19-24-18(14-20(28)31-24)22(29)26(17-11-7-4-8-12-17)21(24)23(30)25(19)16-9-5-2-3-6-10-16/h16-19,21H,2-14H2,1H3/t18-,19-,21-,24+/m0/s1. The molecule has 0 aromatic carbocycles. The molecule has 3 heterocycles. The average Bonchev–Trinajstić information content (AvgIpc) is 3.14. The molecule has 4 atom stereocenters. The predicted molar refractivity (Wildman–Crippen MR) is 112 cm³/mol. The van der Waals surface area contributed by atoms with Gasteiger partial charge in [-0.3, -0.25) is 19.2 Å². The van der Waals surface area contributed by atoms with Crippen LogP contribution < -0.4 is 0 Å². The van der Waals surface area contributed by atoms with Crippen LogP contribution in [0.2, 0.25) is 0 Å². The van der Waals surface area contributed by atoms with Gasteiger partial charge in [0.1, 0.15) is 5.78 Å². The highest BCUT2D eigenvalue weighted by Crippen LogP contribution is 2.56. The molecule has 1 spiro atoms. The van der Waals surface area contributed by atoms with Gasteiger partial charge in [-0.25, -0.2) is 0 Å². The first-order valence-electron chi connectivity index (χ1n) is 12.3. The van der Waals surface area contributed by atoms with E-state index in [1.165, 1.54) is 6.92 Å². The molecule has 3 aliphatic heterocycles. The van der Waals surface area contributed by atoms with E-state index in [0.717, 1.165) is 70.6 Å². The van der Waals surface area contributed by atoms with Gasteiger partial charge in [-0.1, -0.05) is 44.9 Å². The SMILES string of the molecule is CC(=O)C[C@@H]1N(C2CCCCCC2)C(=O)[C@@H]2N(C3CCCCC3)C(=O)[C@@H]3CC(=O)O[C@]123. The van der Waals surface area contributed by atoms with Crippen LogP contribution in [0, 0.1) is 5.92 Å². The van der Waals surface area contributed by atoms with Gasteiger partial charge in [0.2, 0.25) is 11.8 Å². The number of nitrogens with zero attached hydrogens (tertiary/aromatic N) is 2. The molecule has 0 aromatic rings. The van der Waals surface area contributed by atoms with Crippen molar-refractivity contribution in [2.45, 2.75) is 120 Å². The summed E-state index contributed by atoms with van der Waals surface area (Å²) in [6.45, 7) is 1.53. The number of rotatable bonds is 4. The maximum absolute atomic E-state index is 14.1. The van der Waals surface area contributed by atoms with E-state index in [2.05, 4.69) is 0 Å². The lowest BCUT2D eigenvalue weighted by molar-refractivity contribution is -0.155. The Morgan fingerprint density at radius 1 is 0.871 bits per heavy atom. The lowest BCUT2D eigenvalue weighted by Crippen LogP contribution is -2.54. The van der Waals surface area contributed by atoms with E-state index in [1.807, 2.05) is 9.80 Å². The minimum Gasteiger partial charge on any atom is -0.453 e. The highest BCUT2D eigenvalue weighted by atomic mass is 16.6. The number of ketones is 1. The number of Topliss-reactive ketones (excluding diaryl/α,β-unsaturated/α-hetero) is 1. The van der Waals surface area contributed by atoms with Crippen LogP contribution in [0.4, 0.5) is 0 Å². The zero-order valence-corrected chi connectivity index (χ0v) is 18.5. The Morgan fingerprint density at radius 3 is 2.00 bits per heavy atom. The smallest absolute Gasteiger partial charge is 0.307 e. The van der Waals surface area contributed by atoms with Crippen molar-refractivity contribution in [3.8, 4) is 0 Å². The van der Waals surface area contributed by atoms with Crippen molar-refractivity contribution >= 4 is 23.6 Å². The molecule has 31 heavy (non-hydrogen) atoms. The van der Waals surface area contributed by atoms with Gasteiger partial charge in [0, 0.05) is 18.5 Å². The molecular weight excluding hydrogens is 396 g/mol. The molecule has 2 saturated carbocycles. The van der Waals surface area contributed by atoms with Crippen LogP contribution >= 0.6 is 0 Å². The minimum atomic E-state index is -1.19. The summed E-state index contributed by atoms with van der Waals surface area (Å²) in [5.41, 5.74) is -1.19. The number of esters is 1. The summed E-state index contributed by atoms with van der Waals surface area (Å²) in [6.07, 6.45) is 11.5. The molecule has 2 aliphatic carbocycles. The monoisotopic (exact) mass is 430 g/mol. The van der Waals surface area contributed by atoms with Crippen molar-refractivity contribution in [1.82, 2.24) is 9.80 Å². The average molecular weight is 431 g/mol. The molecule has 5 rings (SSSR count). The molecule has 170 valence electrons. The third-order valence-corrected chi connectivity index (χ3v) is 8.48. The van der Waals surface area contributed by atoms with Crippen LogP contribution in [0.25, 0.3) is 0 Å². The van der Waals surface area contributed by atoms with Crippen LogP contribution in [-0.2, 0) is 23.9 Å². The molecule has 0 bridgehead atoms. The number of hydrogen-bond donors (Lipinski definition) is 0. The van der Waals surface area contributed by atoms with Crippen LogP contribution in [0.5, 0.6) is 0 Å². The number of ether oxygens (including phenoxy) is 1. The van der Waals surface area contributed by atoms with E-state index in [9.17, 15) is 19.2 Å². The minimum absolute atomic E-state index is 0.0265. The van der Waals surface area contributed by atoms with Gasteiger partial charge in [-0.15, -0.1) is 0 Å². The quantitative estimate of drug-likeness (QED) is 0.506. The second kappa shape index (κ2) is 7.89. The van der Waals surface area contributed by atoms with Gasteiger partial charge in [-0.2, -0.15) is 0 Å². The fourth-order valence-corrected chi connectivity index (χ4v) is 7.24. The second-order valence-electron chi connectivity index (χ2n) is 10.3. The summed E-state index contributed by atoms with van der Waals surface area (Å²) >= 11 is 0. The topological polar surface area (TPSA) is 84.0 Å². The maximum atomic E-state index is 14.1. The summed E-state index contributed by atoms with van der Waals surface area (Å²) in [6, 6.07) is -1.20. The Labute approximate surface area is 183 Å². The third kappa shape index (κ3) is 3.13.